The van der Waals surface area contributed by atoms with E-state index in [4.69, 9.17) is 0 Å². The molecule has 0 spiro atoms. The zero-order valence-electron chi connectivity index (χ0n) is 14.2. The Morgan fingerprint density at radius 1 is 1.38 bits per heavy atom. The van der Waals surface area contributed by atoms with Gasteiger partial charge in [-0.1, -0.05) is 6.08 Å². The zero-order valence-corrected chi connectivity index (χ0v) is 14.2. The second kappa shape index (κ2) is 6.25. The Hall–Kier alpha value is -2.67. The van der Waals surface area contributed by atoms with Crippen LogP contribution in [0.3, 0.4) is 0 Å². The molecule has 1 aliphatic carbocycles. The van der Waals surface area contributed by atoms with Crippen molar-refractivity contribution < 1.29 is 14.3 Å². The number of anilines is 1. The average Bonchev–Trinajstić information content (AvgIpc) is 3.47. The first-order valence-electron chi connectivity index (χ1n) is 8.72. The lowest BCUT2D eigenvalue weighted by Gasteiger charge is -2.34. The summed E-state index contributed by atoms with van der Waals surface area (Å²) in [7, 11) is 0. The number of carboxylic acid groups (broad SMARTS) is 1. The molecule has 1 atom stereocenters. The third kappa shape index (κ3) is 2.78. The molecule has 2 aromatic rings. The Labute approximate surface area is 149 Å². The Kier molecular flexibility index (Phi) is 4.03. The SMILES string of the molecule is C=CC1CN(c2cc3c(cc2F)c(=O)c(C(=O)O)cn3C2CC2)CCN1. The second-order valence-corrected chi connectivity index (χ2v) is 6.88. The Bertz CT molecular complexity index is 965. The zero-order chi connectivity index (χ0) is 18.4. The minimum atomic E-state index is -1.29. The number of aromatic nitrogens is 1. The highest BCUT2D eigenvalue weighted by atomic mass is 19.1. The van der Waals surface area contributed by atoms with E-state index < -0.39 is 17.2 Å². The van der Waals surface area contributed by atoms with E-state index in [9.17, 15) is 19.1 Å². The average molecular weight is 357 g/mol. The van der Waals surface area contributed by atoms with E-state index in [0.29, 0.717) is 30.8 Å². The first-order chi connectivity index (χ1) is 12.5. The number of benzene rings is 1. The number of carbonyl (C=O) groups is 1. The maximum absolute atomic E-state index is 14.8. The molecule has 1 saturated heterocycles. The summed E-state index contributed by atoms with van der Waals surface area (Å²) in [6.45, 7) is 5.73. The largest absolute Gasteiger partial charge is 0.477 e. The van der Waals surface area contributed by atoms with E-state index in [1.807, 2.05) is 9.47 Å². The number of rotatable bonds is 4. The molecule has 1 aliphatic heterocycles. The van der Waals surface area contributed by atoms with Crippen LogP contribution in [-0.4, -0.2) is 41.3 Å². The fourth-order valence-electron chi connectivity index (χ4n) is 3.56. The molecule has 1 unspecified atom stereocenters. The molecule has 0 amide bonds. The molecule has 2 N–H and O–H groups in total. The molecule has 136 valence electrons. The molecule has 6 nitrogen and oxygen atoms in total. The number of hydrogen-bond acceptors (Lipinski definition) is 4. The van der Waals surface area contributed by atoms with Crippen molar-refractivity contribution in [3.8, 4) is 0 Å². The number of hydrogen-bond donors (Lipinski definition) is 2. The standard InChI is InChI=1S/C19H20FN3O3/c1-2-11-9-22(6-5-21-11)17-8-16-13(7-15(17)20)18(24)14(19(25)26)10-23(16)12-3-4-12/h2,7-8,10-12,21H,1,3-6,9H2,(H,25,26). The Morgan fingerprint density at radius 3 is 2.81 bits per heavy atom. The first kappa shape index (κ1) is 16.8. The molecule has 7 heteroatoms. The predicted octanol–water partition coefficient (Wildman–Crippen LogP) is 2.14. The van der Waals surface area contributed by atoms with Crippen LogP contribution in [0.15, 0.2) is 35.8 Å². The van der Waals surface area contributed by atoms with Gasteiger partial charge in [0.15, 0.2) is 0 Å². The minimum Gasteiger partial charge on any atom is -0.477 e. The summed E-state index contributed by atoms with van der Waals surface area (Å²) in [5, 5.41) is 12.7. The van der Waals surface area contributed by atoms with E-state index in [0.717, 1.165) is 12.8 Å². The fourth-order valence-corrected chi connectivity index (χ4v) is 3.56. The number of fused-ring (bicyclic) bond motifs is 1. The van der Waals surface area contributed by atoms with Gasteiger partial charge in [-0.2, -0.15) is 0 Å². The molecule has 1 aromatic heterocycles. The van der Waals surface area contributed by atoms with Gasteiger partial charge in [0, 0.05) is 43.3 Å². The third-order valence-electron chi connectivity index (χ3n) is 5.10. The maximum atomic E-state index is 14.8. The summed E-state index contributed by atoms with van der Waals surface area (Å²) in [5.41, 5.74) is 0.0693. The van der Waals surface area contributed by atoms with E-state index in [2.05, 4.69) is 11.9 Å². The molecule has 1 aromatic carbocycles. The summed E-state index contributed by atoms with van der Waals surface area (Å²) in [6.07, 6.45) is 5.05. The van der Waals surface area contributed by atoms with Crippen molar-refractivity contribution in [3.63, 3.8) is 0 Å². The fraction of sp³-hybridized carbons (Fsp3) is 0.368. The van der Waals surface area contributed by atoms with Gasteiger partial charge in [-0.15, -0.1) is 6.58 Å². The second-order valence-electron chi connectivity index (χ2n) is 6.88. The number of pyridine rings is 1. The van der Waals surface area contributed by atoms with Gasteiger partial charge in [-0.05, 0) is 25.0 Å². The van der Waals surface area contributed by atoms with Crippen molar-refractivity contribution in [2.75, 3.05) is 24.5 Å². The lowest BCUT2D eigenvalue weighted by atomic mass is 10.1. The normalized spacial score (nSPS) is 20.3. The molecular weight excluding hydrogens is 337 g/mol. The Morgan fingerprint density at radius 2 is 2.15 bits per heavy atom. The molecular formula is C19H20FN3O3. The van der Waals surface area contributed by atoms with Crippen LogP contribution in [0.1, 0.15) is 29.2 Å². The van der Waals surface area contributed by atoms with Crippen LogP contribution in [0.5, 0.6) is 0 Å². The van der Waals surface area contributed by atoms with Crippen molar-refractivity contribution >= 4 is 22.6 Å². The number of nitrogens with zero attached hydrogens (tertiary/aromatic N) is 2. The Balaban J connectivity index is 1.89. The van der Waals surface area contributed by atoms with Gasteiger partial charge in [-0.3, -0.25) is 4.79 Å². The van der Waals surface area contributed by atoms with Crippen molar-refractivity contribution in [3.05, 3.63) is 52.6 Å². The highest BCUT2D eigenvalue weighted by Crippen LogP contribution is 2.38. The summed E-state index contributed by atoms with van der Waals surface area (Å²) in [4.78, 5) is 25.8. The smallest absolute Gasteiger partial charge is 0.341 e. The van der Waals surface area contributed by atoms with Crippen LogP contribution in [0.4, 0.5) is 10.1 Å². The van der Waals surface area contributed by atoms with Gasteiger partial charge in [-0.25, -0.2) is 9.18 Å². The molecule has 0 radical (unpaired) electrons. The monoisotopic (exact) mass is 357 g/mol. The highest BCUT2D eigenvalue weighted by molar-refractivity contribution is 5.93. The number of carboxylic acids is 1. The van der Waals surface area contributed by atoms with Crippen molar-refractivity contribution in [1.29, 1.82) is 0 Å². The van der Waals surface area contributed by atoms with Gasteiger partial charge in [0.2, 0.25) is 5.43 Å². The van der Waals surface area contributed by atoms with Crippen LogP contribution in [0.25, 0.3) is 10.9 Å². The number of nitrogens with one attached hydrogen (secondary N) is 1. The summed E-state index contributed by atoms with van der Waals surface area (Å²) < 4.78 is 16.6. The van der Waals surface area contributed by atoms with Gasteiger partial charge >= 0.3 is 5.97 Å². The molecule has 0 bridgehead atoms. The third-order valence-corrected chi connectivity index (χ3v) is 5.10. The van der Waals surface area contributed by atoms with Crippen molar-refractivity contribution in [2.45, 2.75) is 24.9 Å². The minimum absolute atomic E-state index is 0.0684. The highest BCUT2D eigenvalue weighted by Gasteiger charge is 2.28. The van der Waals surface area contributed by atoms with Gasteiger partial charge in [0.05, 0.1) is 11.2 Å². The lowest BCUT2D eigenvalue weighted by Crippen LogP contribution is -2.50. The van der Waals surface area contributed by atoms with Crippen LogP contribution in [-0.2, 0) is 0 Å². The molecule has 2 heterocycles. The molecule has 4 rings (SSSR count). The van der Waals surface area contributed by atoms with Crippen LogP contribution in [0.2, 0.25) is 0 Å². The quantitative estimate of drug-likeness (QED) is 0.820. The number of piperazine rings is 1. The van der Waals surface area contributed by atoms with Crippen LogP contribution in [0, 0.1) is 5.82 Å². The van der Waals surface area contributed by atoms with Crippen LogP contribution >= 0.6 is 0 Å². The molecule has 26 heavy (non-hydrogen) atoms. The van der Waals surface area contributed by atoms with E-state index in [1.54, 1.807) is 12.1 Å². The van der Waals surface area contributed by atoms with Gasteiger partial charge in [0.25, 0.3) is 0 Å². The van der Waals surface area contributed by atoms with Crippen LogP contribution < -0.4 is 15.6 Å². The van der Waals surface area contributed by atoms with Crippen molar-refractivity contribution in [2.24, 2.45) is 0 Å². The summed E-state index contributed by atoms with van der Waals surface area (Å²) in [5.74, 6) is -1.80. The maximum Gasteiger partial charge on any atom is 0.341 e. The summed E-state index contributed by atoms with van der Waals surface area (Å²) in [6, 6.07) is 3.10. The first-order valence-corrected chi connectivity index (χ1v) is 8.72. The lowest BCUT2D eigenvalue weighted by molar-refractivity contribution is 0.0695. The van der Waals surface area contributed by atoms with E-state index in [-0.39, 0.29) is 23.0 Å². The van der Waals surface area contributed by atoms with Crippen molar-refractivity contribution in [1.82, 2.24) is 9.88 Å². The van der Waals surface area contributed by atoms with E-state index in [1.165, 1.54) is 12.3 Å². The number of aromatic carboxylic acids is 1. The predicted molar refractivity (Wildman–Crippen MR) is 97.6 cm³/mol. The topological polar surface area (TPSA) is 74.6 Å². The summed E-state index contributed by atoms with van der Waals surface area (Å²) >= 11 is 0. The molecule has 1 saturated carbocycles. The molecule has 2 fully saturated rings. The molecule has 2 aliphatic rings. The van der Waals surface area contributed by atoms with Gasteiger partial charge in [0.1, 0.15) is 11.4 Å². The van der Waals surface area contributed by atoms with E-state index >= 15 is 0 Å². The number of halogens is 1. The van der Waals surface area contributed by atoms with Gasteiger partial charge < -0.3 is 19.9 Å².